The van der Waals surface area contributed by atoms with Gasteiger partial charge in [-0.05, 0) is 55.0 Å². The predicted octanol–water partition coefficient (Wildman–Crippen LogP) is 4.69. The summed E-state index contributed by atoms with van der Waals surface area (Å²) in [6, 6.07) is 17.2. The molecule has 0 radical (unpaired) electrons. The molecule has 37 heavy (non-hydrogen) atoms. The number of hydrogen-bond donors (Lipinski definition) is 1. The van der Waals surface area contributed by atoms with Crippen LogP contribution in [0, 0.1) is 11.3 Å². The standard InChI is InChI=1S/C27H22N4O6/c1-3-35-27(33)22-13-17(10-11-29-22)19-14-21(18-7-4-5-8-23(18)37-16-34-2)30-25(20(19)15-28)31-26(32)24-9-6-12-36-24/h4-14H,3,16H2,1-2H3,(H,30,31,32). The van der Waals surface area contributed by atoms with Crippen molar-refractivity contribution in [1.82, 2.24) is 9.97 Å². The molecule has 0 unspecified atom stereocenters. The molecule has 0 fully saturated rings. The molecule has 0 aliphatic carbocycles. The van der Waals surface area contributed by atoms with E-state index in [9.17, 15) is 14.9 Å². The van der Waals surface area contributed by atoms with E-state index < -0.39 is 11.9 Å². The molecule has 186 valence electrons. The van der Waals surface area contributed by atoms with Crippen molar-refractivity contribution < 1.29 is 28.2 Å². The Balaban J connectivity index is 1.90. The summed E-state index contributed by atoms with van der Waals surface area (Å²) in [6.45, 7) is 1.89. The first-order chi connectivity index (χ1) is 18.0. The summed E-state index contributed by atoms with van der Waals surface area (Å²) < 4.78 is 21.0. The molecule has 1 aromatic carbocycles. The lowest BCUT2D eigenvalue weighted by molar-refractivity contribution is 0.0513. The van der Waals surface area contributed by atoms with E-state index >= 15 is 0 Å². The van der Waals surface area contributed by atoms with Crippen LogP contribution >= 0.6 is 0 Å². The molecule has 0 atom stereocenters. The minimum atomic E-state index is -0.596. The summed E-state index contributed by atoms with van der Waals surface area (Å²) in [5, 5.41) is 12.8. The number of nitriles is 1. The fraction of sp³-hybridized carbons (Fsp3) is 0.148. The van der Waals surface area contributed by atoms with Crippen LogP contribution < -0.4 is 10.1 Å². The lowest BCUT2D eigenvalue weighted by Gasteiger charge is -2.15. The topological polar surface area (TPSA) is 137 Å². The lowest BCUT2D eigenvalue weighted by atomic mass is 9.98. The fourth-order valence-corrected chi connectivity index (χ4v) is 3.53. The van der Waals surface area contributed by atoms with Gasteiger partial charge in [-0.2, -0.15) is 5.26 Å². The maximum absolute atomic E-state index is 12.8. The molecule has 0 saturated heterocycles. The van der Waals surface area contributed by atoms with Crippen molar-refractivity contribution >= 4 is 17.7 Å². The molecule has 3 aromatic heterocycles. The van der Waals surface area contributed by atoms with Crippen LogP contribution in [0.15, 0.2) is 71.5 Å². The maximum Gasteiger partial charge on any atom is 0.356 e. The van der Waals surface area contributed by atoms with Crippen LogP contribution in [0.3, 0.4) is 0 Å². The van der Waals surface area contributed by atoms with Gasteiger partial charge in [-0.25, -0.2) is 14.8 Å². The van der Waals surface area contributed by atoms with E-state index in [1.54, 1.807) is 49.4 Å². The van der Waals surface area contributed by atoms with Crippen molar-refractivity contribution in [3.63, 3.8) is 0 Å². The summed E-state index contributed by atoms with van der Waals surface area (Å²) in [7, 11) is 1.51. The van der Waals surface area contributed by atoms with Crippen molar-refractivity contribution in [3.8, 4) is 34.2 Å². The molecule has 1 amide bonds. The van der Waals surface area contributed by atoms with Gasteiger partial charge in [-0.15, -0.1) is 0 Å². The number of nitrogens with zero attached hydrogens (tertiary/aromatic N) is 3. The minimum absolute atomic E-state index is 0.00689. The molecule has 0 spiro atoms. The third-order valence-electron chi connectivity index (χ3n) is 5.16. The highest BCUT2D eigenvalue weighted by atomic mass is 16.7. The number of pyridine rings is 2. The molecule has 10 heteroatoms. The largest absolute Gasteiger partial charge is 0.467 e. The summed E-state index contributed by atoms with van der Waals surface area (Å²) in [4.78, 5) is 33.8. The Bertz CT molecular complexity index is 1460. The van der Waals surface area contributed by atoms with E-state index in [4.69, 9.17) is 18.6 Å². The van der Waals surface area contributed by atoms with E-state index in [0.29, 0.717) is 28.1 Å². The average molecular weight is 498 g/mol. The Morgan fingerprint density at radius 2 is 1.95 bits per heavy atom. The SMILES string of the molecule is CCOC(=O)c1cc(-c2cc(-c3ccccc3OCOC)nc(NC(=O)c3ccco3)c2C#N)ccn1. The van der Waals surface area contributed by atoms with Gasteiger partial charge in [-0.3, -0.25) is 4.79 Å². The van der Waals surface area contributed by atoms with Gasteiger partial charge in [0.15, 0.2) is 18.4 Å². The molecule has 4 aromatic rings. The van der Waals surface area contributed by atoms with Crippen molar-refractivity contribution in [2.75, 3.05) is 25.8 Å². The summed E-state index contributed by atoms with van der Waals surface area (Å²) in [5.74, 6) is -0.634. The first-order valence-corrected chi connectivity index (χ1v) is 11.2. The van der Waals surface area contributed by atoms with Crippen molar-refractivity contribution in [1.29, 1.82) is 5.26 Å². The predicted molar refractivity (Wildman–Crippen MR) is 133 cm³/mol. The maximum atomic E-state index is 12.8. The van der Waals surface area contributed by atoms with Gasteiger partial charge in [-0.1, -0.05) is 12.1 Å². The van der Waals surface area contributed by atoms with Crippen LogP contribution in [0.1, 0.15) is 33.5 Å². The van der Waals surface area contributed by atoms with Crippen LogP contribution in [0.4, 0.5) is 5.82 Å². The molecular weight excluding hydrogens is 476 g/mol. The number of nitrogens with one attached hydrogen (secondary N) is 1. The smallest absolute Gasteiger partial charge is 0.356 e. The van der Waals surface area contributed by atoms with Crippen LogP contribution in [0.2, 0.25) is 0 Å². The third-order valence-corrected chi connectivity index (χ3v) is 5.16. The Hall–Kier alpha value is -5.01. The third kappa shape index (κ3) is 5.63. The number of para-hydroxylation sites is 1. The van der Waals surface area contributed by atoms with Gasteiger partial charge in [0.1, 0.15) is 23.1 Å². The first-order valence-electron chi connectivity index (χ1n) is 11.2. The number of benzene rings is 1. The zero-order valence-electron chi connectivity index (χ0n) is 20.1. The number of amides is 1. The second-order valence-corrected chi connectivity index (χ2v) is 7.52. The highest BCUT2D eigenvalue weighted by molar-refractivity contribution is 6.03. The molecule has 1 N–H and O–H groups in total. The molecule has 0 aliphatic rings. The molecule has 3 heterocycles. The number of furan rings is 1. The van der Waals surface area contributed by atoms with E-state index in [2.05, 4.69) is 21.4 Å². The van der Waals surface area contributed by atoms with E-state index in [0.717, 1.165) is 0 Å². The number of anilines is 1. The molecular formula is C27H22N4O6. The Morgan fingerprint density at radius 1 is 1.11 bits per heavy atom. The Kier molecular flexibility index (Phi) is 7.88. The van der Waals surface area contributed by atoms with Crippen LogP contribution in [-0.2, 0) is 9.47 Å². The van der Waals surface area contributed by atoms with Gasteiger partial charge < -0.3 is 23.9 Å². The van der Waals surface area contributed by atoms with E-state index in [-0.39, 0.29) is 36.2 Å². The number of rotatable bonds is 9. The molecule has 0 saturated carbocycles. The van der Waals surface area contributed by atoms with E-state index in [1.807, 2.05) is 0 Å². The highest BCUT2D eigenvalue weighted by Crippen LogP contribution is 2.36. The Morgan fingerprint density at radius 3 is 2.68 bits per heavy atom. The Labute approximate surface area is 212 Å². The van der Waals surface area contributed by atoms with Crippen molar-refractivity contribution in [3.05, 3.63) is 84.1 Å². The number of aromatic nitrogens is 2. The number of hydrogen-bond acceptors (Lipinski definition) is 9. The average Bonchev–Trinajstić information content (AvgIpc) is 3.47. The minimum Gasteiger partial charge on any atom is -0.467 e. The number of ether oxygens (including phenoxy) is 3. The van der Waals surface area contributed by atoms with Gasteiger partial charge in [0.2, 0.25) is 0 Å². The van der Waals surface area contributed by atoms with Crippen molar-refractivity contribution in [2.45, 2.75) is 6.92 Å². The van der Waals surface area contributed by atoms with Crippen LogP contribution in [-0.4, -0.2) is 42.4 Å². The van der Waals surface area contributed by atoms with Crippen molar-refractivity contribution in [2.24, 2.45) is 0 Å². The normalized spacial score (nSPS) is 10.4. The molecule has 0 bridgehead atoms. The van der Waals surface area contributed by atoms with E-state index in [1.165, 1.54) is 31.7 Å². The van der Waals surface area contributed by atoms with Crippen LogP contribution in [0.5, 0.6) is 5.75 Å². The van der Waals surface area contributed by atoms with Gasteiger partial charge >= 0.3 is 5.97 Å². The first kappa shape index (κ1) is 25.1. The van der Waals surface area contributed by atoms with Crippen LogP contribution in [0.25, 0.3) is 22.4 Å². The van der Waals surface area contributed by atoms with Gasteiger partial charge in [0, 0.05) is 24.4 Å². The monoisotopic (exact) mass is 498 g/mol. The molecule has 4 rings (SSSR count). The number of carbonyl (C=O) groups excluding carboxylic acids is 2. The lowest BCUT2D eigenvalue weighted by Crippen LogP contribution is -2.14. The number of methoxy groups -OCH3 is 1. The number of carbonyl (C=O) groups is 2. The quantitative estimate of drug-likeness (QED) is 0.257. The highest BCUT2D eigenvalue weighted by Gasteiger charge is 2.21. The molecule has 0 aliphatic heterocycles. The summed E-state index contributed by atoms with van der Waals surface area (Å²) >= 11 is 0. The number of esters is 1. The zero-order chi connectivity index (χ0) is 26.2. The second-order valence-electron chi connectivity index (χ2n) is 7.52. The second kappa shape index (κ2) is 11.6. The zero-order valence-corrected chi connectivity index (χ0v) is 20.1. The molecule has 10 nitrogen and oxygen atoms in total. The van der Waals surface area contributed by atoms with Gasteiger partial charge in [0.25, 0.3) is 5.91 Å². The van der Waals surface area contributed by atoms with Gasteiger partial charge in [0.05, 0.1) is 18.6 Å². The summed E-state index contributed by atoms with van der Waals surface area (Å²) in [5.41, 5.74) is 2.08. The fourth-order valence-electron chi connectivity index (χ4n) is 3.53. The summed E-state index contributed by atoms with van der Waals surface area (Å²) in [6.07, 6.45) is 2.81.